The topological polar surface area (TPSA) is 57.2 Å². The third-order valence-electron chi connectivity index (χ3n) is 4.18. The summed E-state index contributed by atoms with van der Waals surface area (Å²) in [6.45, 7) is 6.32. The van der Waals surface area contributed by atoms with Crippen molar-refractivity contribution in [3.8, 4) is 0 Å². The maximum absolute atomic E-state index is 12.2. The van der Waals surface area contributed by atoms with Crippen molar-refractivity contribution in [3.63, 3.8) is 0 Å². The van der Waals surface area contributed by atoms with Gasteiger partial charge in [-0.25, -0.2) is 4.79 Å². The van der Waals surface area contributed by atoms with Crippen LogP contribution in [-0.2, 0) is 16.0 Å². The van der Waals surface area contributed by atoms with E-state index < -0.39 is 0 Å². The van der Waals surface area contributed by atoms with E-state index in [9.17, 15) is 4.79 Å². The normalized spacial score (nSPS) is 19.8. The van der Waals surface area contributed by atoms with Gasteiger partial charge in [-0.3, -0.25) is 0 Å². The average Bonchev–Trinajstić information content (AvgIpc) is 2.73. The summed E-state index contributed by atoms with van der Waals surface area (Å²) in [6, 6.07) is 2.03. The highest BCUT2D eigenvalue weighted by Gasteiger charge is 2.30. The molecule has 1 aromatic rings. The van der Waals surface area contributed by atoms with Crippen molar-refractivity contribution in [1.29, 1.82) is 0 Å². The van der Waals surface area contributed by atoms with E-state index in [2.05, 4.69) is 31.4 Å². The summed E-state index contributed by atoms with van der Waals surface area (Å²) in [5.74, 6) is 0.285. The van der Waals surface area contributed by atoms with Gasteiger partial charge < -0.3 is 15.0 Å². The molecule has 0 aromatic carbocycles. The Balaban J connectivity index is 2.45. The number of hydrogen-bond acceptors (Lipinski definition) is 3. The van der Waals surface area contributed by atoms with Gasteiger partial charge in [0.1, 0.15) is 6.04 Å². The van der Waals surface area contributed by atoms with E-state index in [4.69, 9.17) is 10.5 Å². The fraction of sp³-hybridized carbons (Fsp3) is 0.688. The van der Waals surface area contributed by atoms with Crippen molar-refractivity contribution in [2.45, 2.75) is 58.5 Å². The second-order valence-electron chi connectivity index (χ2n) is 6.22. The van der Waals surface area contributed by atoms with Gasteiger partial charge in [0.2, 0.25) is 0 Å². The van der Waals surface area contributed by atoms with E-state index in [-0.39, 0.29) is 18.1 Å². The third-order valence-corrected chi connectivity index (χ3v) is 4.18. The van der Waals surface area contributed by atoms with Gasteiger partial charge in [0, 0.05) is 17.4 Å². The van der Waals surface area contributed by atoms with Crippen molar-refractivity contribution in [1.82, 2.24) is 4.57 Å². The van der Waals surface area contributed by atoms with Crippen LogP contribution in [0.25, 0.3) is 0 Å². The second-order valence-corrected chi connectivity index (χ2v) is 6.22. The van der Waals surface area contributed by atoms with Crippen LogP contribution in [-0.4, -0.2) is 17.6 Å². The molecule has 112 valence electrons. The molecule has 0 saturated heterocycles. The third kappa shape index (κ3) is 2.75. The molecule has 2 N–H and O–H groups in total. The number of aromatic nitrogens is 1. The molecule has 0 saturated carbocycles. The Bertz CT molecular complexity index is 491. The Hall–Kier alpha value is -1.29. The Labute approximate surface area is 121 Å². The number of ether oxygens (including phenoxy) is 1. The summed E-state index contributed by atoms with van der Waals surface area (Å²) in [4.78, 5) is 12.2. The molecule has 0 bridgehead atoms. The molecule has 2 unspecified atom stereocenters. The lowest BCUT2D eigenvalue weighted by atomic mass is 9.93. The number of esters is 1. The first-order valence-electron chi connectivity index (χ1n) is 7.49. The van der Waals surface area contributed by atoms with Gasteiger partial charge in [-0.2, -0.15) is 0 Å². The van der Waals surface area contributed by atoms with E-state index in [0.717, 1.165) is 31.4 Å². The molecule has 4 heteroatoms. The molecule has 0 spiro atoms. The molecule has 0 amide bonds. The van der Waals surface area contributed by atoms with Crippen LogP contribution in [0.15, 0.2) is 6.07 Å². The maximum Gasteiger partial charge on any atom is 0.328 e. The fourth-order valence-corrected chi connectivity index (χ4v) is 3.28. The molecule has 20 heavy (non-hydrogen) atoms. The van der Waals surface area contributed by atoms with Crippen LogP contribution in [0, 0.1) is 12.8 Å². The zero-order chi connectivity index (χ0) is 14.9. The molecule has 1 aromatic heterocycles. The quantitative estimate of drug-likeness (QED) is 0.862. The molecular weight excluding hydrogens is 252 g/mol. The van der Waals surface area contributed by atoms with Gasteiger partial charge in [0.25, 0.3) is 0 Å². The number of carbonyl (C=O) groups excluding carboxylic acids is 1. The second kappa shape index (κ2) is 6.00. The SMILES string of the molecule is COC(=O)C(CC(C)C)n1c(C)cc2c1CCCC2N. The van der Waals surface area contributed by atoms with Gasteiger partial charge >= 0.3 is 5.97 Å². The monoisotopic (exact) mass is 278 g/mol. The Morgan fingerprint density at radius 1 is 1.55 bits per heavy atom. The van der Waals surface area contributed by atoms with Crippen LogP contribution in [0.3, 0.4) is 0 Å². The molecule has 0 radical (unpaired) electrons. The highest BCUT2D eigenvalue weighted by atomic mass is 16.5. The van der Waals surface area contributed by atoms with Crippen molar-refractivity contribution >= 4 is 5.97 Å². The van der Waals surface area contributed by atoms with Crippen molar-refractivity contribution in [2.24, 2.45) is 11.7 Å². The largest absolute Gasteiger partial charge is 0.467 e. The number of rotatable bonds is 4. The number of nitrogens with zero attached hydrogens (tertiary/aromatic N) is 1. The minimum atomic E-state index is -0.228. The lowest BCUT2D eigenvalue weighted by Crippen LogP contribution is -2.27. The summed E-state index contributed by atoms with van der Waals surface area (Å²) >= 11 is 0. The van der Waals surface area contributed by atoms with Crippen LogP contribution in [0.1, 0.15) is 62.1 Å². The number of fused-ring (bicyclic) bond motifs is 1. The number of nitrogens with two attached hydrogens (primary N) is 1. The molecule has 2 rings (SSSR count). The molecule has 1 aliphatic rings. The van der Waals surface area contributed by atoms with Crippen molar-refractivity contribution < 1.29 is 9.53 Å². The zero-order valence-electron chi connectivity index (χ0n) is 13.0. The predicted octanol–water partition coefficient (Wildman–Crippen LogP) is 2.89. The molecule has 0 aliphatic heterocycles. The summed E-state index contributed by atoms with van der Waals surface area (Å²) in [5, 5.41) is 0. The highest BCUT2D eigenvalue weighted by molar-refractivity contribution is 5.74. The van der Waals surface area contributed by atoms with Crippen LogP contribution in [0.5, 0.6) is 0 Å². The van der Waals surface area contributed by atoms with Crippen molar-refractivity contribution in [2.75, 3.05) is 7.11 Å². The van der Waals surface area contributed by atoms with Gasteiger partial charge in [-0.15, -0.1) is 0 Å². The fourth-order valence-electron chi connectivity index (χ4n) is 3.28. The molecule has 0 fully saturated rings. The first kappa shape index (κ1) is 15.1. The summed E-state index contributed by atoms with van der Waals surface area (Å²) < 4.78 is 7.19. The number of hydrogen-bond donors (Lipinski definition) is 1. The Kier molecular flexibility index (Phi) is 4.53. The van der Waals surface area contributed by atoms with Gasteiger partial charge in [0.05, 0.1) is 7.11 Å². The molecular formula is C16H26N2O2. The van der Waals surface area contributed by atoms with E-state index in [0.29, 0.717) is 5.92 Å². The molecule has 1 aliphatic carbocycles. The van der Waals surface area contributed by atoms with Gasteiger partial charge in [0.15, 0.2) is 0 Å². The van der Waals surface area contributed by atoms with Crippen molar-refractivity contribution in [3.05, 3.63) is 23.0 Å². The van der Waals surface area contributed by atoms with Gasteiger partial charge in [-0.1, -0.05) is 13.8 Å². The zero-order valence-corrected chi connectivity index (χ0v) is 13.0. The van der Waals surface area contributed by atoms with E-state index >= 15 is 0 Å². The number of methoxy groups -OCH3 is 1. The highest BCUT2D eigenvalue weighted by Crippen LogP contribution is 2.34. The minimum Gasteiger partial charge on any atom is -0.467 e. The molecule has 2 atom stereocenters. The van der Waals surface area contributed by atoms with Crippen LogP contribution in [0.2, 0.25) is 0 Å². The van der Waals surface area contributed by atoms with E-state index in [1.54, 1.807) is 0 Å². The number of aryl methyl sites for hydroxylation is 1. The standard InChI is InChI=1S/C16H26N2O2/c1-10(2)8-15(16(19)20-4)18-11(3)9-12-13(17)6-5-7-14(12)18/h9-10,13,15H,5-8,17H2,1-4H3. The summed E-state index contributed by atoms with van der Waals surface area (Å²) in [7, 11) is 1.46. The number of carbonyl (C=O) groups is 1. The molecule has 4 nitrogen and oxygen atoms in total. The summed E-state index contributed by atoms with van der Waals surface area (Å²) in [6.07, 6.45) is 3.92. The van der Waals surface area contributed by atoms with E-state index in [1.165, 1.54) is 18.4 Å². The molecule has 1 heterocycles. The lowest BCUT2D eigenvalue weighted by molar-refractivity contribution is -0.145. The summed E-state index contributed by atoms with van der Waals surface area (Å²) in [5.41, 5.74) is 9.77. The predicted molar refractivity (Wildman–Crippen MR) is 79.5 cm³/mol. The maximum atomic E-state index is 12.2. The van der Waals surface area contributed by atoms with E-state index in [1.807, 2.05) is 0 Å². The smallest absolute Gasteiger partial charge is 0.328 e. The Morgan fingerprint density at radius 3 is 2.85 bits per heavy atom. The lowest BCUT2D eigenvalue weighted by Gasteiger charge is -2.26. The van der Waals surface area contributed by atoms with Crippen LogP contribution < -0.4 is 5.73 Å². The van der Waals surface area contributed by atoms with Crippen LogP contribution >= 0.6 is 0 Å². The Morgan fingerprint density at radius 2 is 2.25 bits per heavy atom. The first-order chi connectivity index (χ1) is 9.45. The minimum absolute atomic E-state index is 0.107. The first-order valence-corrected chi connectivity index (χ1v) is 7.49. The van der Waals surface area contributed by atoms with Crippen LogP contribution in [0.4, 0.5) is 0 Å². The average molecular weight is 278 g/mol. The van der Waals surface area contributed by atoms with Gasteiger partial charge in [-0.05, 0) is 50.2 Å².